The van der Waals surface area contributed by atoms with Gasteiger partial charge in [0.25, 0.3) is 0 Å². The van der Waals surface area contributed by atoms with Crippen LogP contribution in [-0.4, -0.2) is 50.3 Å². The fourth-order valence-electron chi connectivity index (χ4n) is 6.02. The van der Waals surface area contributed by atoms with Crippen LogP contribution in [0.1, 0.15) is 56.2 Å². The van der Waals surface area contributed by atoms with E-state index in [9.17, 15) is 19.2 Å². The zero-order chi connectivity index (χ0) is 38.6. The number of hydrogen-bond acceptors (Lipinski definition) is 10. The molecule has 1 aliphatic rings. The van der Waals surface area contributed by atoms with Gasteiger partial charge >= 0.3 is 23.9 Å². The molecule has 5 aromatic rings. The third-order valence-corrected chi connectivity index (χ3v) is 8.63. The van der Waals surface area contributed by atoms with Crippen molar-refractivity contribution in [1.29, 1.82) is 0 Å². The molecule has 55 heavy (non-hydrogen) atoms. The predicted molar refractivity (Wildman–Crippen MR) is 205 cm³/mol. The molecule has 6 rings (SSSR count). The van der Waals surface area contributed by atoms with Crippen LogP contribution in [0.4, 0.5) is 0 Å². The smallest absolute Gasteiger partial charge is 0.343 e. The zero-order valence-corrected chi connectivity index (χ0v) is 29.9. The van der Waals surface area contributed by atoms with Crippen LogP contribution in [0, 0.1) is 0 Å². The summed E-state index contributed by atoms with van der Waals surface area (Å²) in [6, 6.07) is 34.4. The van der Waals surface area contributed by atoms with E-state index in [2.05, 4.69) is 13.2 Å². The maximum absolute atomic E-state index is 13.2. The van der Waals surface area contributed by atoms with Gasteiger partial charge in [-0.15, -0.1) is 0 Å². The summed E-state index contributed by atoms with van der Waals surface area (Å²) in [5.74, 6) is -0.290. The minimum atomic E-state index is -0.519. The van der Waals surface area contributed by atoms with Crippen molar-refractivity contribution in [3.05, 3.63) is 168 Å². The molecule has 0 aromatic heterocycles. The SMILES string of the molecule is C=CC(=O)OCCCOc1ccc(C(=O)Oc2ccc3c(c2)C(c2ccccc2)c2cc(OC(=O)c4ccc(OCCCOC(=O)C=C)cc4)ccc2-3)cc1. The maximum atomic E-state index is 13.2. The molecule has 5 aromatic carbocycles. The quantitative estimate of drug-likeness (QED) is 0.0391. The molecule has 0 radical (unpaired) electrons. The first-order valence-electron chi connectivity index (χ1n) is 17.6. The summed E-state index contributed by atoms with van der Waals surface area (Å²) in [5, 5.41) is 0. The molecule has 0 N–H and O–H groups in total. The molecule has 0 amide bonds. The molecule has 0 spiro atoms. The Balaban J connectivity index is 1.11. The number of benzene rings is 5. The van der Waals surface area contributed by atoms with Crippen molar-refractivity contribution in [3.8, 4) is 34.1 Å². The van der Waals surface area contributed by atoms with Gasteiger partial charge < -0.3 is 28.4 Å². The van der Waals surface area contributed by atoms with Gasteiger partial charge in [-0.3, -0.25) is 0 Å². The normalized spacial score (nSPS) is 11.3. The molecular weight excluding hydrogens is 700 g/mol. The van der Waals surface area contributed by atoms with Crippen LogP contribution in [-0.2, 0) is 19.1 Å². The summed E-state index contributed by atoms with van der Waals surface area (Å²) < 4.78 is 32.9. The van der Waals surface area contributed by atoms with E-state index in [1.807, 2.05) is 54.6 Å². The number of ether oxygens (including phenoxy) is 6. The third-order valence-electron chi connectivity index (χ3n) is 8.63. The maximum Gasteiger partial charge on any atom is 0.343 e. The first-order chi connectivity index (χ1) is 26.8. The van der Waals surface area contributed by atoms with Gasteiger partial charge in [0, 0.05) is 30.9 Å². The Morgan fingerprint density at radius 2 is 0.927 bits per heavy atom. The number of hydrogen-bond donors (Lipinski definition) is 0. The molecule has 278 valence electrons. The summed E-state index contributed by atoms with van der Waals surface area (Å²) in [4.78, 5) is 48.7. The van der Waals surface area contributed by atoms with Gasteiger partial charge in [0.1, 0.15) is 23.0 Å². The fourth-order valence-corrected chi connectivity index (χ4v) is 6.02. The first-order valence-corrected chi connectivity index (χ1v) is 17.6. The van der Waals surface area contributed by atoms with E-state index in [1.54, 1.807) is 60.7 Å². The molecule has 10 nitrogen and oxygen atoms in total. The zero-order valence-electron chi connectivity index (χ0n) is 29.9. The van der Waals surface area contributed by atoms with E-state index in [-0.39, 0.29) is 19.1 Å². The molecule has 1 aliphatic carbocycles. The highest BCUT2D eigenvalue weighted by Crippen LogP contribution is 2.50. The number of carbonyl (C=O) groups is 4. The molecule has 10 heteroatoms. The van der Waals surface area contributed by atoms with Crippen LogP contribution in [0.15, 0.2) is 141 Å². The Bertz CT molecular complexity index is 2040. The van der Waals surface area contributed by atoms with Crippen LogP contribution in [0.5, 0.6) is 23.0 Å². The van der Waals surface area contributed by atoms with Crippen molar-refractivity contribution in [2.24, 2.45) is 0 Å². The fraction of sp³-hybridized carbons (Fsp3) is 0.156. The van der Waals surface area contributed by atoms with Crippen molar-refractivity contribution in [3.63, 3.8) is 0 Å². The minimum Gasteiger partial charge on any atom is -0.493 e. The van der Waals surface area contributed by atoms with Crippen molar-refractivity contribution >= 4 is 23.9 Å². The van der Waals surface area contributed by atoms with E-state index >= 15 is 0 Å². The van der Waals surface area contributed by atoms with Crippen LogP contribution in [0.2, 0.25) is 0 Å². The lowest BCUT2D eigenvalue weighted by molar-refractivity contribution is -0.138. The summed E-state index contributed by atoms with van der Waals surface area (Å²) in [6.07, 6.45) is 3.24. The molecule has 0 aliphatic heterocycles. The van der Waals surface area contributed by atoms with Crippen molar-refractivity contribution in [2.45, 2.75) is 18.8 Å². The standard InChI is InChI=1S/C45H38O10/c1-3-41(46)52-26-8-24-50-33-16-12-31(13-17-33)44(48)54-35-20-22-37-38-23-21-36(29-40(38)43(39(37)28-35)30-10-6-5-7-11-30)55-45(49)32-14-18-34(19-15-32)51-25-9-27-53-42(47)4-2/h3-7,10-23,28-29,43H,1-2,8-9,24-27H2. The molecule has 0 bridgehead atoms. The largest absolute Gasteiger partial charge is 0.493 e. The average Bonchev–Trinajstić information content (AvgIpc) is 3.53. The van der Waals surface area contributed by atoms with Gasteiger partial charge in [0.05, 0.1) is 37.6 Å². The number of fused-ring (bicyclic) bond motifs is 3. The molecular formula is C45H38O10. The average molecular weight is 739 g/mol. The summed E-state index contributed by atoms with van der Waals surface area (Å²) in [5.41, 5.74) is 5.60. The number of carbonyl (C=O) groups excluding carboxylic acids is 4. The topological polar surface area (TPSA) is 124 Å². The van der Waals surface area contributed by atoms with Crippen LogP contribution in [0.25, 0.3) is 11.1 Å². The van der Waals surface area contributed by atoms with Gasteiger partial charge in [0.15, 0.2) is 0 Å². The molecule has 0 heterocycles. The first kappa shape index (κ1) is 37.8. The second kappa shape index (κ2) is 18.2. The van der Waals surface area contributed by atoms with E-state index in [1.165, 1.54) is 0 Å². The van der Waals surface area contributed by atoms with E-state index in [0.29, 0.717) is 60.2 Å². The van der Waals surface area contributed by atoms with Gasteiger partial charge in [0.2, 0.25) is 0 Å². The summed E-state index contributed by atoms with van der Waals surface area (Å²) in [7, 11) is 0. The highest BCUT2D eigenvalue weighted by atomic mass is 16.5. The monoisotopic (exact) mass is 738 g/mol. The van der Waals surface area contributed by atoms with Gasteiger partial charge in [-0.1, -0.05) is 55.6 Å². The summed E-state index contributed by atoms with van der Waals surface area (Å²) >= 11 is 0. The Morgan fingerprint density at radius 1 is 0.509 bits per heavy atom. The van der Waals surface area contributed by atoms with Crippen molar-refractivity contribution < 1.29 is 47.6 Å². The van der Waals surface area contributed by atoms with Crippen molar-refractivity contribution in [2.75, 3.05) is 26.4 Å². The van der Waals surface area contributed by atoms with Crippen LogP contribution < -0.4 is 18.9 Å². The summed E-state index contributed by atoms with van der Waals surface area (Å²) in [6.45, 7) is 7.83. The van der Waals surface area contributed by atoms with E-state index < -0.39 is 23.9 Å². The number of esters is 4. The Kier molecular flexibility index (Phi) is 12.5. The Morgan fingerprint density at radius 3 is 1.35 bits per heavy atom. The third kappa shape index (κ3) is 9.74. The lowest BCUT2D eigenvalue weighted by Gasteiger charge is -2.16. The highest BCUT2D eigenvalue weighted by molar-refractivity contribution is 5.92. The van der Waals surface area contributed by atoms with Gasteiger partial charge in [-0.2, -0.15) is 0 Å². The molecule has 0 saturated heterocycles. The van der Waals surface area contributed by atoms with E-state index in [4.69, 9.17) is 28.4 Å². The molecule has 0 atom stereocenters. The molecule has 0 unspecified atom stereocenters. The van der Waals surface area contributed by atoms with Crippen molar-refractivity contribution in [1.82, 2.24) is 0 Å². The second-order valence-corrected chi connectivity index (χ2v) is 12.3. The number of rotatable bonds is 17. The molecule has 0 saturated carbocycles. The predicted octanol–water partition coefficient (Wildman–Crippen LogP) is 8.28. The van der Waals surface area contributed by atoms with E-state index in [0.717, 1.165) is 40.0 Å². The van der Waals surface area contributed by atoms with Gasteiger partial charge in [-0.05, 0) is 101 Å². The lowest BCUT2D eigenvalue weighted by Crippen LogP contribution is -2.10. The Hall–Kier alpha value is -6.94. The van der Waals surface area contributed by atoms with Crippen LogP contribution >= 0.6 is 0 Å². The second-order valence-electron chi connectivity index (χ2n) is 12.3. The minimum absolute atomic E-state index is 0.211. The Labute approximate surface area is 318 Å². The lowest BCUT2D eigenvalue weighted by atomic mass is 9.89. The highest BCUT2D eigenvalue weighted by Gasteiger charge is 2.31. The molecule has 0 fully saturated rings. The van der Waals surface area contributed by atoms with Crippen LogP contribution in [0.3, 0.4) is 0 Å². The van der Waals surface area contributed by atoms with Gasteiger partial charge in [-0.25, -0.2) is 19.2 Å².